The molecule has 33 heavy (non-hydrogen) atoms. The van der Waals surface area contributed by atoms with Crippen molar-refractivity contribution < 1.29 is 4.79 Å². The van der Waals surface area contributed by atoms with Crippen molar-refractivity contribution in [3.63, 3.8) is 0 Å². The number of H-pyrrole nitrogens is 1. The van der Waals surface area contributed by atoms with E-state index in [0.29, 0.717) is 11.6 Å². The monoisotopic (exact) mass is 591 g/mol. The van der Waals surface area contributed by atoms with Crippen LogP contribution in [0.3, 0.4) is 0 Å². The molecule has 0 saturated heterocycles. The second kappa shape index (κ2) is 13.0. The largest absolute Gasteiger partial charge is 0.304 e. The predicted octanol–water partition coefficient (Wildman–Crippen LogP) is 4.90. The minimum absolute atomic E-state index is 0.613. The number of tetrazole rings is 2. The molecule has 0 atom stereocenters. The van der Waals surface area contributed by atoms with Crippen LogP contribution in [-0.4, -0.2) is 59.9 Å². The maximum absolute atomic E-state index is 6.47. The van der Waals surface area contributed by atoms with Crippen molar-refractivity contribution in [1.82, 2.24) is 40.8 Å². The lowest BCUT2D eigenvalue weighted by Gasteiger charge is -2.06. The van der Waals surface area contributed by atoms with E-state index in [-0.39, 0.29) is 0 Å². The van der Waals surface area contributed by atoms with Crippen LogP contribution in [0, 0.1) is 5.53 Å². The molecule has 2 heterocycles. The summed E-state index contributed by atoms with van der Waals surface area (Å²) in [4.78, 5) is 4.62. The average molecular weight is 593 g/mol. The Morgan fingerprint density at radius 1 is 0.939 bits per heavy atom. The number of benzene rings is 2. The summed E-state index contributed by atoms with van der Waals surface area (Å²) in [7, 11) is 0.798. The molecule has 2 aromatic heterocycles. The third-order valence-electron chi connectivity index (χ3n) is 3.85. The first kappa shape index (κ1) is 26.4. The molecule has 0 aliphatic carbocycles. The first-order valence-corrected chi connectivity index (χ1v) is 15.1. The van der Waals surface area contributed by atoms with Gasteiger partial charge in [0.25, 0.3) is 0 Å². The Bertz CT molecular complexity index is 1150. The number of halogens is 2. The molecular formula is C20H25Br2N10Si+. The van der Waals surface area contributed by atoms with E-state index in [4.69, 9.17) is 5.53 Å². The van der Waals surface area contributed by atoms with E-state index >= 15 is 0 Å². The maximum atomic E-state index is 6.47. The van der Waals surface area contributed by atoms with Crippen LogP contribution in [0.25, 0.3) is 22.8 Å². The molecule has 0 unspecified atom stereocenters. The molecule has 172 valence electrons. The Balaban J connectivity index is 0.000000181. The summed E-state index contributed by atoms with van der Waals surface area (Å²) in [5.41, 5.74) is 8.39. The van der Waals surface area contributed by atoms with Crippen LogP contribution >= 0.6 is 31.9 Å². The van der Waals surface area contributed by atoms with Gasteiger partial charge < -0.3 is 0 Å². The van der Waals surface area contributed by atoms with Crippen LogP contribution in [0.4, 0.5) is 0 Å². The van der Waals surface area contributed by atoms with Gasteiger partial charge >= 0.3 is 6.21 Å². The third kappa shape index (κ3) is 10.1. The molecule has 0 aliphatic rings. The first-order chi connectivity index (χ1) is 15.7. The summed E-state index contributed by atoms with van der Waals surface area (Å²) in [5.74, 6) is 1.26. The van der Waals surface area contributed by atoms with E-state index in [1.807, 2.05) is 48.5 Å². The number of rotatable bonds is 4. The molecule has 13 heteroatoms. The molecule has 2 aromatic carbocycles. The topological polar surface area (TPSA) is 136 Å². The van der Waals surface area contributed by atoms with E-state index in [9.17, 15) is 0 Å². The van der Waals surface area contributed by atoms with Crippen molar-refractivity contribution in [2.45, 2.75) is 25.7 Å². The zero-order chi connectivity index (χ0) is 24.3. The lowest BCUT2D eigenvalue weighted by molar-refractivity contribution is -0.112. The van der Waals surface area contributed by atoms with Crippen molar-refractivity contribution in [2.24, 2.45) is 7.05 Å². The standard InChI is InChI=1S/C8H7BrN4.C7H5BrN4.C5H13N2Si/c1-13-11-8(10-12-13)6-2-4-7(9)5-3-6;8-6-3-1-5(2-4-6)7-9-11-12-10-7;1-8(2,3)5-4-7-6/h2-5H,1H3;1-4H,(H,9,10,11,12);4,6H,5H2,1-3H3/q;;+1. The normalized spacial score (nSPS) is 10.2. The SMILES string of the molecule is Brc1ccc(-c2nn[nH]n2)cc1.C[Si](C)(C)CC=[N+]=N.Cn1nnc(-c2ccc(Br)cc2)n1. The molecule has 4 rings (SSSR count). The van der Waals surface area contributed by atoms with E-state index in [1.165, 1.54) is 4.80 Å². The fourth-order valence-electron chi connectivity index (χ4n) is 2.20. The molecule has 0 radical (unpaired) electrons. The second-order valence-corrected chi connectivity index (χ2v) is 15.3. The van der Waals surface area contributed by atoms with Gasteiger partial charge in [-0.1, -0.05) is 51.5 Å². The number of hydrogen-bond donors (Lipinski definition) is 2. The Morgan fingerprint density at radius 3 is 1.85 bits per heavy atom. The number of hydrogen-bond acceptors (Lipinski definition) is 7. The summed E-state index contributed by atoms with van der Waals surface area (Å²) in [6.45, 7) is 6.78. The van der Waals surface area contributed by atoms with Crippen LogP contribution < -0.4 is 0 Å². The van der Waals surface area contributed by atoms with Crippen LogP contribution in [0.2, 0.25) is 25.7 Å². The highest BCUT2D eigenvalue weighted by molar-refractivity contribution is 9.10. The number of nitrogens with zero attached hydrogens (tertiary/aromatic N) is 8. The highest BCUT2D eigenvalue weighted by Crippen LogP contribution is 2.17. The zero-order valence-electron chi connectivity index (χ0n) is 18.7. The minimum Gasteiger partial charge on any atom is -0.177 e. The van der Waals surface area contributed by atoms with Crippen LogP contribution in [0.5, 0.6) is 0 Å². The molecule has 0 bridgehead atoms. The first-order valence-electron chi connectivity index (χ1n) is 9.85. The highest BCUT2D eigenvalue weighted by Gasteiger charge is 2.13. The molecular weight excluding hydrogens is 568 g/mol. The molecule has 0 spiro atoms. The summed E-state index contributed by atoms with van der Waals surface area (Å²) in [5, 5.41) is 25.3. The van der Waals surface area contributed by atoms with Gasteiger partial charge in [-0.2, -0.15) is 10.0 Å². The maximum Gasteiger partial charge on any atom is 0.304 e. The average Bonchev–Trinajstić information content (AvgIpc) is 3.46. The Kier molecular flexibility index (Phi) is 10.4. The lowest BCUT2D eigenvalue weighted by Crippen LogP contribution is -2.19. The number of aromatic nitrogens is 8. The molecule has 10 nitrogen and oxygen atoms in total. The van der Waals surface area contributed by atoms with Gasteiger partial charge in [0.05, 0.1) is 20.7 Å². The van der Waals surface area contributed by atoms with Crippen molar-refractivity contribution in [1.29, 1.82) is 5.53 Å². The van der Waals surface area contributed by atoms with Gasteiger partial charge in [-0.15, -0.1) is 20.4 Å². The number of nitrogens with one attached hydrogen (secondary N) is 2. The van der Waals surface area contributed by atoms with Crippen molar-refractivity contribution in [3.8, 4) is 22.8 Å². The van der Waals surface area contributed by atoms with Crippen LogP contribution in [0.1, 0.15) is 0 Å². The molecule has 0 fully saturated rings. The van der Waals surface area contributed by atoms with Gasteiger partial charge in [0.15, 0.2) is 0 Å². The third-order valence-corrected chi connectivity index (χ3v) is 6.32. The fourth-order valence-corrected chi connectivity index (χ4v) is 3.37. The zero-order valence-corrected chi connectivity index (χ0v) is 22.9. The summed E-state index contributed by atoms with van der Waals surface area (Å²) in [6.07, 6.45) is 1.69. The van der Waals surface area contributed by atoms with Gasteiger partial charge in [0.2, 0.25) is 11.6 Å². The lowest BCUT2D eigenvalue weighted by atomic mass is 10.2. The molecule has 2 N–H and O–H groups in total. The Labute approximate surface area is 209 Å². The van der Waals surface area contributed by atoms with E-state index in [2.05, 4.69) is 92.3 Å². The number of aryl methyl sites for hydroxylation is 1. The summed E-state index contributed by atoms with van der Waals surface area (Å²) >= 11 is 6.71. The smallest absolute Gasteiger partial charge is 0.177 e. The van der Waals surface area contributed by atoms with Crippen molar-refractivity contribution in [3.05, 3.63) is 57.5 Å². The summed E-state index contributed by atoms with van der Waals surface area (Å²) < 4.78 is 2.08. The van der Waals surface area contributed by atoms with Crippen molar-refractivity contribution >= 4 is 46.1 Å². The van der Waals surface area contributed by atoms with Gasteiger partial charge in [-0.3, -0.25) is 0 Å². The Hall–Kier alpha value is -2.86. The van der Waals surface area contributed by atoms with Gasteiger partial charge in [0.1, 0.15) is 0 Å². The quantitative estimate of drug-likeness (QED) is 0.150. The van der Waals surface area contributed by atoms with Crippen molar-refractivity contribution in [2.75, 3.05) is 0 Å². The van der Waals surface area contributed by atoms with Crippen LogP contribution in [0.15, 0.2) is 57.5 Å². The second-order valence-electron chi connectivity index (χ2n) is 7.93. The highest BCUT2D eigenvalue weighted by atomic mass is 79.9. The predicted molar refractivity (Wildman–Crippen MR) is 136 cm³/mol. The van der Waals surface area contributed by atoms with Crippen LogP contribution in [-0.2, 0) is 7.05 Å². The number of aromatic amines is 1. The molecule has 0 aliphatic heterocycles. The molecule has 0 amide bonds. The van der Waals surface area contributed by atoms with Gasteiger partial charge in [0, 0.05) is 30.9 Å². The molecule has 0 saturated carbocycles. The fraction of sp³-hybridized carbons (Fsp3) is 0.250. The van der Waals surface area contributed by atoms with Gasteiger partial charge in [-0.25, -0.2) is 0 Å². The Morgan fingerprint density at radius 2 is 1.48 bits per heavy atom. The van der Waals surface area contributed by atoms with Gasteiger partial charge in [-0.05, 0) is 59.0 Å². The van der Waals surface area contributed by atoms with E-state index < -0.39 is 8.07 Å². The van der Waals surface area contributed by atoms with E-state index in [0.717, 1.165) is 26.1 Å². The van der Waals surface area contributed by atoms with E-state index in [1.54, 1.807) is 13.3 Å². The minimum atomic E-state index is -0.947. The summed E-state index contributed by atoms with van der Waals surface area (Å²) in [6, 6.07) is 16.5. The molecule has 4 aromatic rings.